The molecule has 0 aromatic carbocycles. The van der Waals surface area contributed by atoms with Crippen LogP contribution in [0.3, 0.4) is 0 Å². The Morgan fingerprint density at radius 2 is 2.00 bits per heavy atom. The van der Waals surface area contributed by atoms with E-state index in [9.17, 15) is 0 Å². The van der Waals surface area contributed by atoms with Crippen molar-refractivity contribution in [3.63, 3.8) is 0 Å². The van der Waals surface area contributed by atoms with Gasteiger partial charge in [-0.05, 0) is 19.0 Å². The second kappa shape index (κ2) is 6.00. The molecule has 0 spiro atoms. The molecular formula is C7H19ClN2Si. The second-order valence-corrected chi connectivity index (χ2v) is 10.4. The Hall–Kier alpha value is 0.427. The van der Waals surface area contributed by atoms with Crippen molar-refractivity contribution in [2.45, 2.75) is 25.6 Å². The van der Waals surface area contributed by atoms with Gasteiger partial charge >= 0.3 is 0 Å². The third kappa shape index (κ3) is 10.4. The lowest BCUT2D eigenvalue weighted by atomic mass is 10.5. The van der Waals surface area contributed by atoms with Gasteiger partial charge in [-0.3, -0.25) is 0 Å². The van der Waals surface area contributed by atoms with Crippen LogP contribution in [0.5, 0.6) is 0 Å². The lowest BCUT2D eigenvalue weighted by molar-refractivity contribution is 0.675. The van der Waals surface area contributed by atoms with Gasteiger partial charge in [0, 0.05) is 13.1 Å². The maximum Gasteiger partial charge on any atom is 0.150 e. The van der Waals surface area contributed by atoms with Crippen molar-refractivity contribution in [1.29, 1.82) is 0 Å². The fourth-order valence-electron chi connectivity index (χ4n) is 0.861. The van der Waals surface area contributed by atoms with Gasteiger partial charge in [-0.1, -0.05) is 13.1 Å². The first kappa shape index (κ1) is 11.4. The minimum atomic E-state index is -1.32. The fourth-order valence-corrected chi connectivity index (χ4v) is 2.28. The summed E-state index contributed by atoms with van der Waals surface area (Å²) >= 11 is 6.13. The van der Waals surface area contributed by atoms with Gasteiger partial charge in [0.15, 0.2) is 7.38 Å². The number of hydrogen-bond donors (Lipinski definition) is 2. The molecule has 0 aromatic rings. The molecule has 0 aromatic heterocycles. The average Bonchev–Trinajstić information content (AvgIpc) is 1.85. The van der Waals surface area contributed by atoms with Crippen LogP contribution in [0.25, 0.3) is 0 Å². The Morgan fingerprint density at radius 3 is 2.45 bits per heavy atom. The van der Waals surface area contributed by atoms with Crippen molar-refractivity contribution < 1.29 is 0 Å². The van der Waals surface area contributed by atoms with Crippen LogP contribution in [0, 0.1) is 0 Å². The fraction of sp³-hybridized carbons (Fsp3) is 1.00. The second-order valence-electron chi connectivity index (χ2n) is 3.36. The van der Waals surface area contributed by atoms with Crippen LogP contribution < -0.4 is 11.1 Å². The molecule has 2 nitrogen and oxygen atoms in total. The van der Waals surface area contributed by atoms with E-state index >= 15 is 0 Å². The molecule has 0 radical (unpaired) electrons. The van der Waals surface area contributed by atoms with Crippen molar-refractivity contribution >= 4 is 18.5 Å². The summed E-state index contributed by atoms with van der Waals surface area (Å²) in [5.74, 6) is 0. The minimum Gasteiger partial charge on any atom is -0.329 e. The first-order valence-corrected chi connectivity index (χ1v) is 8.38. The van der Waals surface area contributed by atoms with E-state index < -0.39 is 7.38 Å². The highest BCUT2D eigenvalue weighted by Gasteiger charge is 2.15. The first-order chi connectivity index (χ1) is 5.06. The van der Waals surface area contributed by atoms with E-state index in [0.29, 0.717) is 0 Å². The Kier molecular flexibility index (Phi) is 6.23. The smallest absolute Gasteiger partial charge is 0.150 e. The highest BCUT2D eigenvalue weighted by Crippen LogP contribution is 2.15. The van der Waals surface area contributed by atoms with Crippen molar-refractivity contribution in [1.82, 2.24) is 5.32 Å². The number of rotatable bonds is 6. The summed E-state index contributed by atoms with van der Waals surface area (Å²) in [6, 6.07) is 1.19. The summed E-state index contributed by atoms with van der Waals surface area (Å²) in [6.45, 7) is 7.06. The summed E-state index contributed by atoms with van der Waals surface area (Å²) < 4.78 is 0. The third-order valence-corrected chi connectivity index (χ3v) is 3.56. The molecule has 0 fully saturated rings. The summed E-state index contributed by atoms with van der Waals surface area (Å²) in [5.41, 5.74) is 5.32. The predicted molar refractivity (Wildman–Crippen MR) is 54.7 cm³/mol. The van der Waals surface area contributed by atoms with Gasteiger partial charge < -0.3 is 11.1 Å². The van der Waals surface area contributed by atoms with Crippen LogP contribution in [0.4, 0.5) is 0 Å². The predicted octanol–water partition coefficient (Wildman–Crippen LogP) is 1.37. The minimum absolute atomic E-state index is 0.724. The van der Waals surface area contributed by atoms with Crippen LogP contribution >= 0.6 is 11.1 Å². The first-order valence-electron chi connectivity index (χ1n) is 4.16. The van der Waals surface area contributed by atoms with Crippen LogP contribution in [0.2, 0.25) is 19.1 Å². The van der Waals surface area contributed by atoms with E-state index in [4.69, 9.17) is 16.8 Å². The van der Waals surface area contributed by atoms with Crippen LogP contribution in [-0.2, 0) is 0 Å². The summed E-state index contributed by atoms with van der Waals surface area (Å²) in [6.07, 6.45) is 1.18. The standard InChI is InChI=1S/C7H19ClN2Si/c1-11(2,8)7-3-5-10-6-4-9/h10H,3-7,9H2,1-2H3. The van der Waals surface area contributed by atoms with Gasteiger partial charge in [0.25, 0.3) is 0 Å². The zero-order chi connectivity index (χ0) is 8.74. The van der Waals surface area contributed by atoms with E-state index in [1.807, 2.05) is 0 Å². The van der Waals surface area contributed by atoms with Crippen molar-refractivity contribution in [2.24, 2.45) is 5.73 Å². The van der Waals surface area contributed by atoms with Gasteiger partial charge in [-0.15, -0.1) is 0 Å². The zero-order valence-electron chi connectivity index (χ0n) is 7.49. The van der Waals surface area contributed by atoms with Gasteiger partial charge in [-0.2, -0.15) is 11.1 Å². The van der Waals surface area contributed by atoms with Crippen LogP contribution in [0.1, 0.15) is 6.42 Å². The molecule has 0 aliphatic carbocycles. The molecule has 11 heavy (non-hydrogen) atoms. The maximum absolute atomic E-state index is 6.13. The van der Waals surface area contributed by atoms with E-state index in [2.05, 4.69) is 18.4 Å². The molecule has 0 amide bonds. The van der Waals surface area contributed by atoms with Gasteiger partial charge in [0.2, 0.25) is 0 Å². The van der Waals surface area contributed by atoms with E-state index in [-0.39, 0.29) is 0 Å². The Labute approximate surface area is 75.2 Å². The highest BCUT2D eigenvalue weighted by molar-refractivity contribution is 7.19. The van der Waals surface area contributed by atoms with Crippen molar-refractivity contribution in [2.75, 3.05) is 19.6 Å². The number of hydrogen-bond acceptors (Lipinski definition) is 2. The van der Waals surface area contributed by atoms with Crippen LogP contribution in [-0.4, -0.2) is 27.0 Å². The molecule has 0 rings (SSSR count). The number of halogens is 1. The number of nitrogens with two attached hydrogens (primary N) is 1. The summed E-state index contributed by atoms with van der Waals surface area (Å²) in [5, 5.41) is 3.25. The van der Waals surface area contributed by atoms with Gasteiger partial charge in [-0.25, -0.2) is 0 Å². The summed E-state index contributed by atoms with van der Waals surface area (Å²) in [4.78, 5) is 0. The van der Waals surface area contributed by atoms with E-state index in [0.717, 1.165) is 19.6 Å². The SMILES string of the molecule is C[Si](C)(Cl)CCCNCCN. The van der Waals surface area contributed by atoms with Gasteiger partial charge in [0.05, 0.1) is 0 Å². The monoisotopic (exact) mass is 194 g/mol. The average molecular weight is 195 g/mol. The molecule has 0 unspecified atom stereocenters. The molecule has 0 aliphatic heterocycles. The van der Waals surface area contributed by atoms with Crippen LogP contribution in [0.15, 0.2) is 0 Å². The quantitative estimate of drug-likeness (QED) is 0.381. The van der Waals surface area contributed by atoms with Crippen molar-refractivity contribution in [3.05, 3.63) is 0 Å². The molecule has 0 atom stereocenters. The lowest BCUT2D eigenvalue weighted by Crippen LogP contribution is -2.25. The Morgan fingerprint density at radius 1 is 1.36 bits per heavy atom. The normalized spacial score (nSPS) is 12.0. The molecule has 68 valence electrons. The van der Waals surface area contributed by atoms with Crippen molar-refractivity contribution in [3.8, 4) is 0 Å². The molecule has 0 aliphatic rings. The third-order valence-electron chi connectivity index (χ3n) is 1.45. The molecule has 0 heterocycles. The maximum atomic E-state index is 6.13. The molecular weight excluding hydrogens is 176 g/mol. The Balaban J connectivity index is 3.02. The molecule has 0 bridgehead atoms. The molecule has 0 saturated heterocycles. The Bertz CT molecular complexity index is 92.9. The van der Waals surface area contributed by atoms with Gasteiger partial charge in [0.1, 0.15) is 0 Å². The molecule has 3 N–H and O–H groups in total. The topological polar surface area (TPSA) is 38.0 Å². The lowest BCUT2D eigenvalue weighted by Gasteiger charge is -2.11. The molecule has 0 saturated carbocycles. The summed E-state index contributed by atoms with van der Waals surface area (Å²) in [7, 11) is -1.32. The molecule has 4 heteroatoms. The zero-order valence-corrected chi connectivity index (χ0v) is 9.25. The largest absolute Gasteiger partial charge is 0.329 e. The van der Waals surface area contributed by atoms with E-state index in [1.165, 1.54) is 12.5 Å². The highest BCUT2D eigenvalue weighted by atomic mass is 35.6. The number of nitrogens with one attached hydrogen (secondary N) is 1. The van der Waals surface area contributed by atoms with E-state index in [1.54, 1.807) is 0 Å².